The fourth-order valence-electron chi connectivity index (χ4n) is 2.49. The van der Waals surface area contributed by atoms with Crippen LogP contribution < -0.4 is 14.8 Å². The molecule has 0 radical (unpaired) electrons. The normalized spacial score (nSPS) is 14.2. The van der Waals surface area contributed by atoms with Crippen molar-refractivity contribution in [3.63, 3.8) is 0 Å². The Kier molecular flexibility index (Phi) is 4.28. The van der Waals surface area contributed by atoms with E-state index in [9.17, 15) is 4.79 Å². The van der Waals surface area contributed by atoms with Crippen LogP contribution in [0.15, 0.2) is 48.5 Å². The highest BCUT2D eigenvalue weighted by Gasteiger charge is 2.15. The van der Waals surface area contributed by atoms with Gasteiger partial charge in [0.25, 0.3) is 0 Å². The summed E-state index contributed by atoms with van der Waals surface area (Å²) in [6.07, 6.45) is 0.385. The summed E-state index contributed by atoms with van der Waals surface area (Å²) in [5, 5.41) is 3.02. The second-order valence-electron chi connectivity index (χ2n) is 5.35. The Hall–Kier alpha value is -2.49. The third-order valence-corrected chi connectivity index (χ3v) is 3.65. The van der Waals surface area contributed by atoms with E-state index in [1.165, 1.54) is 0 Å². The highest BCUT2D eigenvalue weighted by molar-refractivity contribution is 5.79. The van der Waals surface area contributed by atoms with E-state index in [1.807, 2.05) is 55.5 Å². The first-order valence-corrected chi connectivity index (χ1v) is 7.45. The van der Waals surface area contributed by atoms with Gasteiger partial charge in [-0.25, -0.2) is 0 Å². The molecule has 3 rings (SSSR count). The Morgan fingerprint density at radius 2 is 1.82 bits per heavy atom. The maximum atomic E-state index is 12.1. The fraction of sp³-hybridized carbons (Fsp3) is 0.278. The van der Waals surface area contributed by atoms with Gasteiger partial charge in [0, 0.05) is 0 Å². The zero-order valence-corrected chi connectivity index (χ0v) is 12.5. The van der Waals surface area contributed by atoms with Crippen molar-refractivity contribution in [1.82, 2.24) is 5.32 Å². The van der Waals surface area contributed by atoms with E-state index in [-0.39, 0.29) is 11.9 Å². The number of amides is 1. The molecule has 0 fully saturated rings. The lowest BCUT2D eigenvalue weighted by Crippen LogP contribution is -2.28. The Bertz CT molecular complexity index is 655. The lowest BCUT2D eigenvalue weighted by molar-refractivity contribution is -0.121. The third-order valence-electron chi connectivity index (χ3n) is 3.65. The van der Waals surface area contributed by atoms with Crippen LogP contribution in [0.5, 0.6) is 11.5 Å². The fourth-order valence-corrected chi connectivity index (χ4v) is 2.49. The number of benzene rings is 2. The van der Waals surface area contributed by atoms with Crippen LogP contribution in [0.1, 0.15) is 24.1 Å². The third kappa shape index (κ3) is 3.39. The van der Waals surface area contributed by atoms with Gasteiger partial charge in [0.15, 0.2) is 11.5 Å². The zero-order valence-electron chi connectivity index (χ0n) is 12.5. The number of ether oxygens (including phenoxy) is 2. The molecular weight excluding hydrogens is 278 g/mol. The molecule has 1 aliphatic rings. The number of rotatable bonds is 4. The van der Waals surface area contributed by atoms with Crippen molar-refractivity contribution >= 4 is 5.91 Å². The molecule has 0 saturated carbocycles. The summed E-state index contributed by atoms with van der Waals surface area (Å²) in [6.45, 7) is 3.11. The minimum atomic E-state index is -0.0768. The van der Waals surface area contributed by atoms with E-state index in [4.69, 9.17) is 9.47 Å². The molecule has 2 aromatic carbocycles. The van der Waals surface area contributed by atoms with Gasteiger partial charge in [-0.1, -0.05) is 36.4 Å². The quantitative estimate of drug-likeness (QED) is 0.944. The first-order chi connectivity index (χ1) is 10.7. The molecule has 114 valence electrons. The molecule has 0 bridgehead atoms. The van der Waals surface area contributed by atoms with Crippen LogP contribution in [-0.2, 0) is 11.2 Å². The highest BCUT2D eigenvalue weighted by Crippen LogP contribution is 2.32. The van der Waals surface area contributed by atoms with Gasteiger partial charge in [-0.15, -0.1) is 0 Å². The van der Waals surface area contributed by atoms with Crippen molar-refractivity contribution in [3.8, 4) is 11.5 Å². The summed E-state index contributed by atoms with van der Waals surface area (Å²) in [5.74, 6) is 1.51. The molecule has 2 aromatic rings. The van der Waals surface area contributed by atoms with E-state index in [0.29, 0.717) is 19.6 Å². The summed E-state index contributed by atoms with van der Waals surface area (Å²) < 4.78 is 11.1. The lowest BCUT2D eigenvalue weighted by Gasteiger charge is -2.21. The van der Waals surface area contributed by atoms with E-state index >= 15 is 0 Å². The van der Waals surface area contributed by atoms with Gasteiger partial charge in [-0.3, -0.25) is 4.79 Å². The van der Waals surface area contributed by atoms with Gasteiger partial charge in [-0.2, -0.15) is 0 Å². The highest BCUT2D eigenvalue weighted by atomic mass is 16.6. The predicted molar refractivity (Wildman–Crippen MR) is 84.1 cm³/mol. The zero-order chi connectivity index (χ0) is 15.4. The Morgan fingerprint density at radius 3 is 2.59 bits per heavy atom. The van der Waals surface area contributed by atoms with Crippen molar-refractivity contribution in [2.45, 2.75) is 19.4 Å². The molecular formula is C18H19NO3. The maximum Gasteiger partial charge on any atom is 0.224 e. The maximum absolute atomic E-state index is 12.1. The topological polar surface area (TPSA) is 47.6 Å². The van der Waals surface area contributed by atoms with Gasteiger partial charge in [0.05, 0.1) is 12.5 Å². The Labute approximate surface area is 130 Å². The Morgan fingerprint density at radius 1 is 1.09 bits per heavy atom. The molecule has 0 spiro atoms. The second kappa shape index (κ2) is 6.52. The molecule has 0 unspecified atom stereocenters. The molecule has 1 aliphatic heterocycles. The van der Waals surface area contributed by atoms with Gasteiger partial charge in [-0.05, 0) is 30.2 Å². The van der Waals surface area contributed by atoms with Crippen LogP contribution in [0.25, 0.3) is 0 Å². The smallest absolute Gasteiger partial charge is 0.224 e. The van der Waals surface area contributed by atoms with Crippen molar-refractivity contribution in [1.29, 1.82) is 0 Å². The van der Waals surface area contributed by atoms with E-state index in [0.717, 1.165) is 22.6 Å². The predicted octanol–water partition coefficient (Wildman–Crippen LogP) is 2.88. The molecule has 0 saturated heterocycles. The molecule has 1 N–H and O–H groups in total. The van der Waals surface area contributed by atoms with Crippen LogP contribution in [0.2, 0.25) is 0 Å². The van der Waals surface area contributed by atoms with Crippen LogP contribution in [0, 0.1) is 0 Å². The molecule has 4 heteroatoms. The van der Waals surface area contributed by atoms with E-state index in [2.05, 4.69) is 5.32 Å². The minimum Gasteiger partial charge on any atom is -0.486 e. The number of nitrogens with one attached hydrogen (secondary N) is 1. The average Bonchev–Trinajstić information content (AvgIpc) is 2.55. The summed E-state index contributed by atoms with van der Waals surface area (Å²) in [6, 6.07) is 15.4. The van der Waals surface area contributed by atoms with Crippen molar-refractivity contribution in [2.24, 2.45) is 0 Å². The van der Waals surface area contributed by atoms with E-state index in [1.54, 1.807) is 0 Å². The standard InChI is InChI=1S/C18H19NO3/c1-13(19-18(20)11-14-5-3-2-4-6-14)15-7-8-16-17(12-15)22-10-9-21-16/h2-8,12-13H,9-11H2,1H3,(H,19,20)/t13-/m1/s1. The molecule has 0 aliphatic carbocycles. The molecule has 22 heavy (non-hydrogen) atoms. The monoisotopic (exact) mass is 297 g/mol. The largest absolute Gasteiger partial charge is 0.486 e. The molecule has 4 nitrogen and oxygen atoms in total. The van der Waals surface area contributed by atoms with Gasteiger partial charge in [0.1, 0.15) is 13.2 Å². The minimum absolute atomic E-state index is 0.00795. The van der Waals surface area contributed by atoms with Gasteiger partial charge in [0.2, 0.25) is 5.91 Å². The van der Waals surface area contributed by atoms with Crippen molar-refractivity contribution in [3.05, 3.63) is 59.7 Å². The van der Waals surface area contributed by atoms with Crippen molar-refractivity contribution in [2.75, 3.05) is 13.2 Å². The summed E-state index contributed by atoms with van der Waals surface area (Å²) in [4.78, 5) is 12.1. The summed E-state index contributed by atoms with van der Waals surface area (Å²) in [5.41, 5.74) is 2.01. The van der Waals surface area contributed by atoms with Gasteiger partial charge < -0.3 is 14.8 Å². The number of carbonyl (C=O) groups is 1. The van der Waals surface area contributed by atoms with E-state index < -0.39 is 0 Å². The molecule has 1 amide bonds. The van der Waals surface area contributed by atoms with Crippen LogP contribution in [0.4, 0.5) is 0 Å². The number of carbonyl (C=O) groups excluding carboxylic acids is 1. The first-order valence-electron chi connectivity index (χ1n) is 7.45. The number of hydrogen-bond donors (Lipinski definition) is 1. The summed E-state index contributed by atoms with van der Waals surface area (Å²) in [7, 11) is 0. The SMILES string of the molecule is C[C@@H](NC(=O)Cc1ccccc1)c1ccc2c(c1)OCCO2. The van der Waals surface area contributed by atoms with Crippen molar-refractivity contribution < 1.29 is 14.3 Å². The number of fused-ring (bicyclic) bond motifs is 1. The van der Waals surface area contributed by atoms with Gasteiger partial charge >= 0.3 is 0 Å². The molecule has 0 aromatic heterocycles. The number of hydrogen-bond acceptors (Lipinski definition) is 3. The molecule has 1 heterocycles. The van der Waals surface area contributed by atoms with Crippen LogP contribution in [0.3, 0.4) is 0 Å². The first kappa shape index (κ1) is 14.4. The van der Waals surface area contributed by atoms with Crippen LogP contribution in [-0.4, -0.2) is 19.1 Å². The van der Waals surface area contributed by atoms with Crippen LogP contribution >= 0.6 is 0 Å². The summed E-state index contributed by atoms with van der Waals surface area (Å²) >= 11 is 0. The molecule has 1 atom stereocenters. The lowest BCUT2D eigenvalue weighted by atomic mass is 10.1. The Balaban J connectivity index is 1.64. The second-order valence-corrected chi connectivity index (χ2v) is 5.35. The average molecular weight is 297 g/mol.